The number of hydrogen-bond donors (Lipinski definition) is 2. The lowest BCUT2D eigenvalue weighted by molar-refractivity contribution is -0.139. The van der Waals surface area contributed by atoms with Gasteiger partial charge in [-0.1, -0.05) is 6.07 Å². The molecule has 3 aromatic carbocycles. The van der Waals surface area contributed by atoms with Crippen LogP contribution in [0.15, 0.2) is 66.4 Å². The van der Waals surface area contributed by atoms with Gasteiger partial charge in [-0.3, -0.25) is 9.59 Å². The Morgan fingerprint density at radius 1 is 0.810 bits per heavy atom. The van der Waals surface area contributed by atoms with E-state index in [0.29, 0.717) is 46.3 Å². The maximum atomic E-state index is 13.6. The lowest BCUT2D eigenvalue weighted by Gasteiger charge is -2.26. The fraction of sp³-hybridized carbons (Fsp3) is 0.250. The minimum atomic E-state index is -0.891. The molecule has 1 amide bonds. The van der Waals surface area contributed by atoms with E-state index in [1.54, 1.807) is 43.5 Å². The Hall–Kier alpha value is -5.12. The number of H-pyrrole nitrogens is 1. The molecule has 2 heterocycles. The van der Waals surface area contributed by atoms with Crippen LogP contribution in [0.1, 0.15) is 22.7 Å². The number of carbonyl (C=O) groups excluding carboxylic acids is 2. The van der Waals surface area contributed by atoms with Gasteiger partial charge in [0.1, 0.15) is 11.5 Å². The van der Waals surface area contributed by atoms with Crippen LogP contribution < -0.4 is 23.7 Å². The first kappa shape index (κ1) is 28.4. The smallest absolute Gasteiger partial charge is 0.295 e. The molecule has 0 aliphatic carbocycles. The normalized spacial score (nSPS) is 16.1. The van der Waals surface area contributed by atoms with E-state index in [1.807, 2.05) is 24.4 Å². The van der Waals surface area contributed by atoms with Gasteiger partial charge in [0.05, 0.1) is 47.2 Å². The molecular formula is C32H32N2O8. The molecule has 10 heteroatoms. The average molecular weight is 573 g/mol. The van der Waals surface area contributed by atoms with Gasteiger partial charge in [0.2, 0.25) is 0 Å². The summed E-state index contributed by atoms with van der Waals surface area (Å²) < 4.78 is 27.0. The van der Waals surface area contributed by atoms with E-state index in [0.717, 1.165) is 16.5 Å². The van der Waals surface area contributed by atoms with Gasteiger partial charge in [-0.25, -0.2) is 0 Å². The first-order valence-corrected chi connectivity index (χ1v) is 13.2. The molecule has 0 bridgehead atoms. The van der Waals surface area contributed by atoms with Crippen LogP contribution in [0.4, 0.5) is 0 Å². The zero-order valence-corrected chi connectivity index (χ0v) is 24.0. The number of carbonyl (C=O) groups is 2. The molecule has 1 saturated heterocycles. The predicted molar refractivity (Wildman–Crippen MR) is 157 cm³/mol. The van der Waals surface area contributed by atoms with Gasteiger partial charge in [-0.05, 0) is 66.1 Å². The molecule has 42 heavy (non-hydrogen) atoms. The van der Waals surface area contributed by atoms with Crippen molar-refractivity contribution in [2.75, 3.05) is 42.1 Å². The number of ether oxygens (including phenoxy) is 5. The Morgan fingerprint density at radius 2 is 1.48 bits per heavy atom. The Morgan fingerprint density at radius 3 is 2.14 bits per heavy atom. The molecule has 10 nitrogen and oxygen atoms in total. The first-order valence-electron chi connectivity index (χ1n) is 13.2. The number of nitrogens with one attached hydrogen (secondary N) is 1. The summed E-state index contributed by atoms with van der Waals surface area (Å²) in [6, 6.07) is 14.8. The van der Waals surface area contributed by atoms with Crippen LogP contribution >= 0.6 is 0 Å². The summed E-state index contributed by atoms with van der Waals surface area (Å²) in [7, 11) is 7.62. The third kappa shape index (κ3) is 4.96. The summed E-state index contributed by atoms with van der Waals surface area (Å²) in [6.07, 6.45) is 2.33. The van der Waals surface area contributed by atoms with Gasteiger partial charge < -0.3 is 38.7 Å². The second kappa shape index (κ2) is 11.8. The molecule has 0 radical (unpaired) electrons. The molecule has 0 saturated carbocycles. The molecule has 2 N–H and O–H groups in total. The minimum Gasteiger partial charge on any atom is -0.507 e. The predicted octanol–water partition coefficient (Wildman–Crippen LogP) is 4.88. The Bertz CT molecular complexity index is 1690. The maximum Gasteiger partial charge on any atom is 0.295 e. The summed E-state index contributed by atoms with van der Waals surface area (Å²) in [5, 5.41) is 12.5. The number of methoxy groups -OCH3 is 5. The highest BCUT2D eigenvalue weighted by Gasteiger charge is 2.46. The van der Waals surface area contributed by atoms with Crippen LogP contribution in [0, 0.1) is 0 Å². The van der Waals surface area contributed by atoms with Crippen molar-refractivity contribution in [1.29, 1.82) is 0 Å². The number of aliphatic hydroxyl groups excluding tert-OH is 1. The third-order valence-corrected chi connectivity index (χ3v) is 7.52. The van der Waals surface area contributed by atoms with Crippen LogP contribution in [0.2, 0.25) is 0 Å². The lowest BCUT2D eigenvalue weighted by Crippen LogP contribution is -2.31. The number of rotatable bonds is 10. The molecule has 0 unspecified atom stereocenters. The van der Waals surface area contributed by atoms with E-state index in [-0.39, 0.29) is 17.9 Å². The second-order valence-corrected chi connectivity index (χ2v) is 9.65. The van der Waals surface area contributed by atoms with E-state index in [9.17, 15) is 14.7 Å². The Balaban J connectivity index is 1.61. The van der Waals surface area contributed by atoms with Gasteiger partial charge in [0.25, 0.3) is 11.7 Å². The molecule has 1 aromatic heterocycles. The zero-order chi connectivity index (χ0) is 30.0. The highest BCUT2D eigenvalue weighted by atomic mass is 16.5. The molecule has 1 fully saturated rings. The van der Waals surface area contributed by atoms with Crippen LogP contribution in [-0.2, 0) is 16.0 Å². The van der Waals surface area contributed by atoms with Crippen LogP contribution in [0.3, 0.4) is 0 Å². The van der Waals surface area contributed by atoms with Crippen LogP contribution in [0.5, 0.6) is 28.7 Å². The fourth-order valence-corrected chi connectivity index (χ4v) is 5.35. The molecule has 218 valence electrons. The number of aromatic amines is 1. The second-order valence-electron chi connectivity index (χ2n) is 9.65. The van der Waals surface area contributed by atoms with E-state index in [1.165, 1.54) is 33.3 Å². The number of aromatic nitrogens is 1. The summed E-state index contributed by atoms with van der Waals surface area (Å²) in [5.74, 6) is 0.630. The summed E-state index contributed by atoms with van der Waals surface area (Å²) in [5.41, 5.74) is 2.73. The van der Waals surface area contributed by atoms with E-state index in [2.05, 4.69) is 4.98 Å². The molecule has 4 aromatic rings. The average Bonchev–Trinajstić information content (AvgIpc) is 3.55. The molecule has 1 atom stereocenters. The lowest BCUT2D eigenvalue weighted by atomic mass is 9.94. The number of amides is 1. The Kier molecular flexibility index (Phi) is 7.97. The van der Waals surface area contributed by atoms with Crippen molar-refractivity contribution < 1.29 is 38.4 Å². The number of nitrogens with zero attached hydrogens (tertiary/aromatic N) is 1. The third-order valence-electron chi connectivity index (χ3n) is 7.52. The van der Waals surface area contributed by atoms with Gasteiger partial charge in [0.15, 0.2) is 23.0 Å². The van der Waals surface area contributed by atoms with Gasteiger partial charge >= 0.3 is 0 Å². The van der Waals surface area contributed by atoms with Crippen molar-refractivity contribution in [2.45, 2.75) is 12.5 Å². The minimum absolute atomic E-state index is 0.0416. The number of hydrogen-bond acceptors (Lipinski definition) is 8. The quantitative estimate of drug-likeness (QED) is 0.157. The van der Waals surface area contributed by atoms with Crippen molar-refractivity contribution >= 4 is 28.4 Å². The van der Waals surface area contributed by atoms with Crippen molar-refractivity contribution in [3.8, 4) is 28.7 Å². The molecule has 1 aliphatic rings. The fourth-order valence-electron chi connectivity index (χ4n) is 5.35. The largest absolute Gasteiger partial charge is 0.507 e. The first-order chi connectivity index (χ1) is 20.3. The summed E-state index contributed by atoms with van der Waals surface area (Å²) in [4.78, 5) is 31.9. The van der Waals surface area contributed by atoms with Gasteiger partial charge in [-0.2, -0.15) is 0 Å². The van der Waals surface area contributed by atoms with Crippen molar-refractivity contribution in [3.63, 3.8) is 0 Å². The van der Waals surface area contributed by atoms with E-state index >= 15 is 0 Å². The molecule has 0 spiro atoms. The number of benzene rings is 3. The summed E-state index contributed by atoms with van der Waals surface area (Å²) in [6.45, 7) is 0.205. The van der Waals surface area contributed by atoms with E-state index < -0.39 is 17.7 Å². The SMILES string of the molecule is COc1ccc2[nH]cc(CCN3C(=O)C(=O)C(=C(O)c4ccc(OC)c(OC)c4)[C@H]3c3ccc(OC)c(OC)c3)c2c1. The zero-order valence-electron chi connectivity index (χ0n) is 24.0. The number of ketones is 1. The standard InChI is InChI=1S/C32H32N2O8/c1-38-21-8-9-23-22(16-21)20(17-33-23)12-13-34-29(18-6-10-24(39-2)26(14-18)41-4)28(31(36)32(34)37)30(35)19-7-11-25(40-3)27(15-19)42-5/h6-11,14-17,29,33,35H,12-13H2,1-5H3/t29-/m1/s1. The van der Waals surface area contributed by atoms with Gasteiger partial charge in [0, 0.05) is 29.2 Å². The maximum absolute atomic E-state index is 13.6. The monoisotopic (exact) mass is 572 g/mol. The summed E-state index contributed by atoms with van der Waals surface area (Å²) >= 11 is 0. The van der Waals surface area contributed by atoms with Crippen molar-refractivity contribution in [3.05, 3.63) is 83.1 Å². The number of Topliss-reactive ketones (excluding diaryl/α,β-unsaturated/α-hetero) is 1. The Labute approximate surface area is 243 Å². The highest BCUT2D eigenvalue weighted by Crippen LogP contribution is 2.43. The number of fused-ring (bicyclic) bond motifs is 1. The molecule has 1 aliphatic heterocycles. The van der Waals surface area contributed by atoms with Crippen molar-refractivity contribution in [1.82, 2.24) is 9.88 Å². The number of likely N-dealkylation sites (tertiary alicyclic amines) is 1. The molecule has 5 rings (SSSR count). The van der Waals surface area contributed by atoms with E-state index in [4.69, 9.17) is 23.7 Å². The topological polar surface area (TPSA) is 120 Å². The number of aliphatic hydroxyl groups is 1. The van der Waals surface area contributed by atoms with Gasteiger partial charge in [-0.15, -0.1) is 0 Å². The highest BCUT2D eigenvalue weighted by molar-refractivity contribution is 6.46. The van der Waals surface area contributed by atoms with Crippen molar-refractivity contribution in [2.24, 2.45) is 0 Å². The van der Waals surface area contributed by atoms with Crippen LogP contribution in [0.25, 0.3) is 16.7 Å². The van der Waals surface area contributed by atoms with Crippen LogP contribution in [-0.4, -0.2) is 68.8 Å². The molecular weight excluding hydrogens is 540 g/mol.